The van der Waals surface area contributed by atoms with Crippen molar-refractivity contribution < 1.29 is 14.3 Å². The van der Waals surface area contributed by atoms with Crippen molar-refractivity contribution in [3.8, 4) is 5.75 Å². The van der Waals surface area contributed by atoms with E-state index in [2.05, 4.69) is 19.2 Å². The molecule has 1 amide bonds. The molecule has 0 saturated carbocycles. The number of Topliss-reactive ketones (excluding diaryl/α,β-unsaturated/α-hetero) is 1. The molecule has 0 radical (unpaired) electrons. The van der Waals surface area contributed by atoms with Crippen LogP contribution in [0.2, 0.25) is 0 Å². The van der Waals surface area contributed by atoms with Crippen molar-refractivity contribution in [1.82, 2.24) is 0 Å². The fraction of sp³-hybridized carbons (Fsp3) is 0.300. The SMILES string of the molecule is CC[C@@H](C)c1ccc(NC(=O)COc2ccccc2C(C)=O)cc1. The lowest BCUT2D eigenvalue weighted by molar-refractivity contribution is -0.118. The van der Waals surface area contributed by atoms with Crippen molar-refractivity contribution in [3.63, 3.8) is 0 Å². The van der Waals surface area contributed by atoms with Gasteiger partial charge in [-0.3, -0.25) is 9.59 Å². The Morgan fingerprint density at radius 1 is 1.08 bits per heavy atom. The van der Waals surface area contributed by atoms with Gasteiger partial charge in [0.25, 0.3) is 5.91 Å². The smallest absolute Gasteiger partial charge is 0.262 e. The first-order valence-electron chi connectivity index (χ1n) is 8.13. The lowest BCUT2D eigenvalue weighted by Gasteiger charge is -2.12. The second kappa shape index (κ2) is 8.29. The minimum atomic E-state index is -0.260. The fourth-order valence-electron chi connectivity index (χ4n) is 2.35. The van der Waals surface area contributed by atoms with Crippen molar-refractivity contribution in [2.75, 3.05) is 11.9 Å². The summed E-state index contributed by atoms with van der Waals surface area (Å²) in [4.78, 5) is 23.6. The van der Waals surface area contributed by atoms with Crippen LogP contribution in [0.1, 0.15) is 49.0 Å². The van der Waals surface area contributed by atoms with Crippen LogP contribution in [0.25, 0.3) is 0 Å². The molecule has 0 bridgehead atoms. The second-order valence-corrected chi connectivity index (χ2v) is 5.82. The molecule has 2 aromatic carbocycles. The summed E-state index contributed by atoms with van der Waals surface area (Å²) in [5.41, 5.74) is 2.46. The summed E-state index contributed by atoms with van der Waals surface area (Å²) < 4.78 is 5.48. The summed E-state index contributed by atoms with van der Waals surface area (Å²) in [7, 11) is 0. The average Bonchev–Trinajstić information content (AvgIpc) is 2.60. The quantitative estimate of drug-likeness (QED) is 0.767. The molecule has 0 heterocycles. The van der Waals surface area contributed by atoms with Crippen LogP contribution < -0.4 is 10.1 Å². The van der Waals surface area contributed by atoms with Gasteiger partial charge in [-0.05, 0) is 49.1 Å². The van der Waals surface area contributed by atoms with Gasteiger partial charge in [-0.1, -0.05) is 38.1 Å². The van der Waals surface area contributed by atoms with E-state index in [1.54, 1.807) is 24.3 Å². The maximum Gasteiger partial charge on any atom is 0.262 e. The molecule has 0 unspecified atom stereocenters. The number of hydrogen-bond donors (Lipinski definition) is 1. The summed E-state index contributed by atoms with van der Waals surface area (Å²) in [6.45, 7) is 5.66. The Bertz CT molecular complexity index is 707. The molecule has 2 rings (SSSR count). The number of rotatable bonds is 7. The monoisotopic (exact) mass is 325 g/mol. The third kappa shape index (κ3) is 4.69. The molecule has 2 aromatic rings. The Balaban J connectivity index is 1.93. The van der Waals surface area contributed by atoms with Crippen molar-refractivity contribution in [2.24, 2.45) is 0 Å². The summed E-state index contributed by atoms with van der Waals surface area (Å²) in [6.07, 6.45) is 1.08. The van der Waals surface area contributed by atoms with Crippen LogP contribution in [0.15, 0.2) is 48.5 Å². The third-order valence-electron chi connectivity index (χ3n) is 4.00. The largest absolute Gasteiger partial charge is 0.483 e. The highest BCUT2D eigenvalue weighted by Crippen LogP contribution is 2.21. The molecule has 0 aromatic heterocycles. The molecule has 0 aliphatic rings. The van der Waals surface area contributed by atoms with E-state index in [0.29, 0.717) is 17.2 Å². The minimum Gasteiger partial charge on any atom is -0.483 e. The van der Waals surface area contributed by atoms with E-state index in [1.165, 1.54) is 12.5 Å². The van der Waals surface area contributed by atoms with Crippen LogP contribution in [-0.4, -0.2) is 18.3 Å². The van der Waals surface area contributed by atoms with Crippen molar-refractivity contribution in [2.45, 2.75) is 33.1 Å². The van der Waals surface area contributed by atoms with Crippen molar-refractivity contribution in [3.05, 3.63) is 59.7 Å². The van der Waals surface area contributed by atoms with Gasteiger partial charge in [-0.2, -0.15) is 0 Å². The molecule has 126 valence electrons. The number of anilines is 1. The zero-order chi connectivity index (χ0) is 17.5. The molecule has 0 saturated heterocycles. The lowest BCUT2D eigenvalue weighted by Crippen LogP contribution is -2.20. The van der Waals surface area contributed by atoms with Gasteiger partial charge in [0.15, 0.2) is 12.4 Å². The standard InChI is InChI=1S/C20H23NO3/c1-4-14(2)16-9-11-17(12-10-16)21-20(23)13-24-19-8-6-5-7-18(19)15(3)22/h5-12,14H,4,13H2,1-3H3,(H,21,23)/t14-/m1/s1. The number of nitrogens with one attached hydrogen (secondary N) is 1. The Hall–Kier alpha value is -2.62. The highest BCUT2D eigenvalue weighted by molar-refractivity contribution is 5.97. The number of ketones is 1. The summed E-state index contributed by atoms with van der Waals surface area (Å²) >= 11 is 0. The van der Waals surface area contributed by atoms with Gasteiger partial charge in [0.2, 0.25) is 0 Å². The van der Waals surface area contributed by atoms with Gasteiger partial charge in [-0.25, -0.2) is 0 Å². The summed E-state index contributed by atoms with van der Waals surface area (Å²) in [6, 6.07) is 14.7. The zero-order valence-electron chi connectivity index (χ0n) is 14.3. The molecular formula is C20H23NO3. The van der Waals surface area contributed by atoms with Crippen LogP contribution in [0.4, 0.5) is 5.69 Å². The average molecular weight is 325 g/mol. The number of hydrogen-bond acceptors (Lipinski definition) is 3. The Morgan fingerprint density at radius 2 is 1.75 bits per heavy atom. The Morgan fingerprint density at radius 3 is 2.38 bits per heavy atom. The normalized spacial score (nSPS) is 11.6. The maximum absolute atomic E-state index is 12.0. The van der Waals surface area contributed by atoms with Gasteiger partial charge in [-0.15, -0.1) is 0 Å². The van der Waals surface area contributed by atoms with E-state index < -0.39 is 0 Å². The van der Waals surface area contributed by atoms with E-state index in [0.717, 1.165) is 12.1 Å². The number of benzene rings is 2. The van der Waals surface area contributed by atoms with Crippen LogP contribution in [-0.2, 0) is 4.79 Å². The fourth-order valence-corrected chi connectivity index (χ4v) is 2.35. The predicted octanol–water partition coefficient (Wildman–Crippen LogP) is 4.42. The molecule has 1 atom stereocenters. The molecule has 0 aliphatic carbocycles. The van der Waals surface area contributed by atoms with E-state index >= 15 is 0 Å². The van der Waals surface area contributed by atoms with E-state index in [9.17, 15) is 9.59 Å². The Kier molecular flexibility index (Phi) is 6.13. The van der Waals surface area contributed by atoms with Crippen LogP contribution in [0.5, 0.6) is 5.75 Å². The number of para-hydroxylation sites is 1. The minimum absolute atomic E-state index is 0.0911. The highest BCUT2D eigenvalue weighted by atomic mass is 16.5. The first kappa shape index (κ1) is 17.7. The second-order valence-electron chi connectivity index (χ2n) is 5.82. The summed E-state index contributed by atoms with van der Waals surface area (Å²) in [5, 5.41) is 2.80. The first-order valence-corrected chi connectivity index (χ1v) is 8.13. The topological polar surface area (TPSA) is 55.4 Å². The van der Waals surface area contributed by atoms with Crippen LogP contribution in [0.3, 0.4) is 0 Å². The first-order chi connectivity index (χ1) is 11.5. The lowest BCUT2D eigenvalue weighted by atomic mass is 9.99. The van der Waals surface area contributed by atoms with Crippen LogP contribution >= 0.6 is 0 Å². The van der Waals surface area contributed by atoms with Gasteiger partial charge in [0, 0.05) is 5.69 Å². The summed E-state index contributed by atoms with van der Waals surface area (Å²) in [5.74, 6) is 0.574. The van der Waals surface area contributed by atoms with Gasteiger partial charge < -0.3 is 10.1 Å². The van der Waals surface area contributed by atoms with Crippen molar-refractivity contribution >= 4 is 17.4 Å². The molecule has 1 N–H and O–H groups in total. The Labute approximate surface area is 142 Å². The van der Waals surface area contributed by atoms with Crippen LogP contribution in [0, 0.1) is 0 Å². The number of ether oxygens (including phenoxy) is 1. The molecule has 24 heavy (non-hydrogen) atoms. The molecule has 4 nitrogen and oxygen atoms in total. The van der Waals surface area contributed by atoms with E-state index in [4.69, 9.17) is 4.74 Å². The molecule has 0 aliphatic heterocycles. The van der Waals surface area contributed by atoms with Gasteiger partial charge in [0.05, 0.1) is 5.56 Å². The third-order valence-corrected chi connectivity index (χ3v) is 4.00. The number of carbonyl (C=O) groups is 2. The maximum atomic E-state index is 12.0. The van der Waals surface area contributed by atoms with Crippen molar-refractivity contribution in [1.29, 1.82) is 0 Å². The van der Waals surface area contributed by atoms with Gasteiger partial charge >= 0.3 is 0 Å². The molecule has 0 spiro atoms. The van der Waals surface area contributed by atoms with E-state index in [-0.39, 0.29) is 18.3 Å². The zero-order valence-corrected chi connectivity index (χ0v) is 14.3. The van der Waals surface area contributed by atoms with Gasteiger partial charge in [0.1, 0.15) is 5.75 Å². The number of amides is 1. The molecular weight excluding hydrogens is 302 g/mol. The molecule has 0 fully saturated rings. The molecule has 4 heteroatoms. The predicted molar refractivity (Wildman–Crippen MR) is 95.7 cm³/mol. The number of carbonyl (C=O) groups excluding carboxylic acids is 2. The highest BCUT2D eigenvalue weighted by Gasteiger charge is 2.10. The van der Waals surface area contributed by atoms with E-state index in [1.807, 2.05) is 24.3 Å².